The minimum absolute atomic E-state index is 0. The van der Waals surface area contributed by atoms with Crippen LogP contribution in [0.2, 0.25) is 0 Å². The van der Waals surface area contributed by atoms with Gasteiger partial charge in [0.2, 0.25) is 0 Å². The molecule has 3 nitrogen and oxygen atoms in total. The summed E-state index contributed by atoms with van der Waals surface area (Å²) in [6.07, 6.45) is 6.01. The Labute approximate surface area is 116 Å². The van der Waals surface area contributed by atoms with Crippen molar-refractivity contribution in [1.82, 2.24) is 0 Å². The molecule has 0 radical (unpaired) electrons. The maximum absolute atomic E-state index is 10.4. The van der Waals surface area contributed by atoms with Crippen LogP contribution in [-0.4, -0.2) is 18.7 Å². The molecule has 0 aromatic heterocycles. The number of unbranched alkanes of at least 4 members (excludes halogenated alkanes) is 1. The van der Waals surface area contributed by atoms with Crippen LogP contribution in [0.15, 0.2) is 0 Å². The van der Waals surface area contributed by atoms with Crippen molar-refractivity contribution in [3.63, 3.8) is 0 Å². The first-order valence-corrected chi connectivity index (χ1v) is 7.00. The van der Waals surface area contributed by atoms with E-state index in [1.54, 1.807) is 0 Å². The molecular weight excluding hydrogens is 223 g/mol. The fourth-order valence-corrected chi connectivity index (χ4v) is 2.11. The van der Waals surface area contributed by atoms with E-state index in [4.69, 9.17) is 0 Å². The second-order valence-electron chi connectivity index (χ2n) is 3.82. The average Bonchev–Trinajstić information content (AvgIpc) is 2.09. The van der Waals surface area contributed by atoms with Crippen LogP contribution in [-0.2, 0) is 10.1 Å². The van der Waals surface area contributed by atoms with Gasteiger partial charge in [-0.2, -0.15) is 0 Å². The molecule has 15 heavy (non-hydrogen) atoms. The van der Waals surface area contributed by atoms with Crippen LogP contribution in [0.1, 0.15) is 52.4 Å². The van der Waals surface area contributed by atoms with Crippen LogP contribution in [0.3, 0.4) is 0 Å². The molecule has 0 aliphatic rings. The molecule has 0 bridgehead atoms. The van der Waals surface area contributed by atoms with E-state index in [0.717, 1.165) is 19.3 Å². The van der Waals surface area contributed by atoms with Crippen molar-refractivity contribution >= 4 is 10.1 Å². The molecular formula is C10H21NaO3S. The molecule has 0 saturated heterocycles. The first kappa shape index (κ1) is 18.3. The van der Waals surface area contributed by atoms with Gasteiger partial charge in [-0.1, -0.05) is 39.5 Å². The maximum atomic E-state index is 10.4. The maximum Gasteiger partial charge on any atom is 1.00 e. The molecule has 1 unspecified atom stereocenters. The molecule has 0 aromatic rings. The quantitative estimate of drug-likeness (QED) is 0.428. The third-order valence-electron chi connectivity index (χ3n) is 2.55. The van der Waals surface area contributed by atoms with Gasteiger partial charge in [-0.25, -0.2) is 8.42 Å². The van der Waals surface area contributed by atoms with Crippen LogP contribution < -0.4 is 29.6 Å². The second-order valence-corrected chi connectivity index (χ2v) is 5.34. The van der Waals surface area contributed by atoms with E-state index >= 15 is 0 Å². The van der Waals surface area contributed by atoms with E-state index < -0.39 is 10.1 Å². The minimum atomic E-state index is -4.00. The summed E-state index contributed by atoms with van der Waals surface area (Å²) in [4.78, 5) is 0. The summed E-state index contributed by atoms with van der Waals surface area (Å²) in [6, 6.07) is 0. The van der Waals surface area contributed by atoms with Crippen molar-refractivity contribution in [2.45, 2.75) is 52.4 Å². The van der Waals surface area contributed by atoms with E-state index in [1.807, 2.05) is 0 Å². The first-order chi connectivity index (χ1) is 6.49. The van der Waals surface area contributed by atoms with Gasteiger partial charge in [0.1, 0.15) is 0 Å². The van der Waals surface area contributed by atoms with Gasteiger partial charge >= 0.3 is 29.6 Å². The number of rotatable bonds is 8. The Morgan fingerprint density at radius 2 is 1.67 bits per heavy atom. The Hall–Kier alpha value is 0.910. The van der Waals surface area contributed by atoms with Crippen LogP contribution in [0.25, 0.3) is 0 Å². The standard InChI is InChI=1S/C10H22O3S.Na/c1-3-5-7-10(4-2)8-6-9-14(11,12)13;/h10H,3-9H2,1-2H3,(H,11,12,13);/q;+1/p-1. The van der Waals surface area contributed by atoms with Crippen molar-refractivity contribution in [3.8, 4) is 0 Å². The number of hydrogen-bond donors (Lipinski definition) is 0. The van der Waals surface area contributed by atoms with Crippen molar-refractivity contribution < 1.29 is 42.5 Å². The molecule has 0 heterocycles. The Morgan fingerprint density at radius 3 is 2.07 bits per heavy atom. The predicted octanol–water partition coefficient (Wildman–Crippen LogP) is -0.468. The Bertz CT molecular complexity index is 227. The smallest absolute Gasteiger partial charge is 0.748 e. The molecule has 0 aliphatic heterocycles. The zero-order valence-electron chi connectivity index (χ0n) is 10.2. The normalized spacial score (nSPS) is 13.3. The molecule has 0 fully saturated rings. The van der Waals surface area contributed by atoms with Crippen LogP contribution in [0.4, 0.5) is 0 Å². The summed E-state index contributed by atoms with van der Waals surface area (Å²) in [6.45, 7) is 4.26. The molecule has 0 rings (SSSR count). The fourth-order valence-electron chi connectivity index (χ4n) is 1.59. The Balaban J connectivity index is 0. The van der Waals surface area contributed by atoms with Gasteiger partial charge in [-0.3, -0.25) is 0 Å². The van der Waals surface area contributed by atoms with Gasteiger partial charge in [0.15, 0.2) is 0 Å². The van der Waals surface area contributed by atoms with Crippen molar-refractivity contribution in [2.24, 2.45) is 5.92 Å². The summed E-state index contributed by atoms with van der Waals surface area (Å²) < 4.78 is 31.1. The SMILES string of the molecule is CCCCC(CC)CCCS(=O)(=O)[O-].[Na+]. The molecule has 1 atom stereocenters. The average molecular weight is 244 g/mol. The van der Waals surface area contributed by atoms with Gasteiger partial charge in [-0.05, 0) is 18.8 Å². The summed E-state index contributed by atoms with van der Waals surface area (Å²) >= 11 is 0. The summed E-state index contributed by atoms with van der Waals surface area (Å²) in [5.74, 6) is 0.395. The third kappa shape index (κ3) is 12.8. The van der Waals surface area contributed by atoms with Crippen LogP contribution in [0, 0.1) is 5.92 Å². The van der Waals surface area contributed by atoms with Gasteiger partial charge in [-0.15, -0.1) is 0 Å². The van der Waals surface area contributed by atoms with Gasteiger partial charge < -0.3 is 4.55 Å². The molecule has 0 saturated carbocycles. The van der Waals surface area contributed by atoms with E-state index in [9.17, 15) is 13.0 Å². The molecule has 0 spiro atoms. The zero-order valence-corrected chi connectivity index (χ0v) is 13.0. The third-order valence-corrected chi connectivity index (χ3v) is 3.34. The molecule has 0 amide bonds. The summed E-state index contributed by atoms with van der Waals surface area (Å²) in [5, 5.41) is 0. The monoisotopic (exact) mass is 244 g/mol. The summed E-state index contributed by atoms with van der Waals surface area (Å²) in [5.41, 5.74) is 0. The first-order valence-electron chi connectivity index (χ1n) is 5.43. The largest absolute Gasteiger partial charge is 1.00 e. The molecule has 0 aromatic carbocycles. The van der Waals surface area contributed by atoms with E-state index in [-0.39, 0.29) is 35.3 Å². The van der Waals surface area contributed by atoms with Crippen molar-refractivity contribution in [2.75, 3.05) is 5.75 Å². The molecule has 5 heteroatoms. The minimum Gasteiger partial charge on any atom is -0.748 e. The molecule has 0 N–H and O–H groups in total. The Kier molecular flexibility index (Phi) is 12.3. The van der Waals surface area contributed by atoms with Crippen LogP contribution >= 0.6 is 0 Å². The number of hydrogen-bond acceptors (Lipinski definition) is 3. The van der Waals surface area contributed by atoms with Crippen LogP contribution in [0.5, 0.6) is 0 Å². The topological polar surface area (TPSA) is 57.2 Å². The molecule has 0 aliphatic carbocycles. The fraction of sp³-hybridized carbons (Fsp3) is 1.00. The van der Waals surface area contributed by atoms with E-state index in [1.165, 1.54) is 12.8 Å². The second kappa shape index (κ2) is 10.1. The summed E-state index contributed by atoms with van der Waals surface area (Å²) in [7, 11) is -4.00. The van der Waals surface area contributed by atoms with Crippen molar-refractivity contribution in [1.29, 1.82) is 0 Å². The predicted molar refractivity (Wildman–Crippen MR) is 57.1 cm³/mol. The van der Waals surface area contributed by atoms with E-state index in [0.29, 0.717) is 12.3 Å². The van der Waals surface area contributed by atoms with Gasteiger partial charge in [0, 0.05) is 5.75 Å². The molecule has 86 valence electrons. The van der Waals surface area contributed by atoms with Gasteiger partial charge in [0.05, 0.1) is 10.1 Å². The van der Waals surface area contributed by atoms with Crippen molar-refractivity contribution in [3.05, 3.63) is 0 Å². The van der Waals surface area contributed by atoms with E-state index in [2.05, 4.69) is 13.8 Å². The van der Waals surface area contributed by atoms with Gasteiger partial charge in [0.25, 0.3) is 0 Å². The zero-order chi connectivity index (χ0) is 11.0. The Morgan fingerprint density at radius 1 is 1.13 bits per heavy atom.